The average molecular weight is 157 g/mol. The molecule has 1 fully saturated rings. The molecule has 1 aliphatic rings. The van der Waals surface area contributed by atoms with Gasteiger partial charge in [-0.05, 0) is 19.9 Å². The van der Waals surface area contributed by atoms with E-state index >= 15 is 0 Å². The highest BCUT2D eigenvalue weighted by molar-refractivity contribution is 4.69. The van der Waals surface area contributed by atoms with E-state index in [2.05, 4.69) is 29.6 Å². The fourth-order valence-corrected chi connectivity index (χ4v) is 1.45. The lowest BCUT2D eigenvalue weighted by Gasteiger charge is -2.26. The Morgan fingerprint density at radius 3 is 3.09 bits per heavy atom. The van der Waals surface area contributed by atoms with E-state index in [-0.39, 0.29) is 0 Å². The number of nitrogens with zero attached hydrogens (tertiary/aromatic N) is 1. The summed E-state index contributed by atoms with van der Waals surface area (Å²) in [5, 5.41) is 5.72. The highest BCUT2D eigenvalue weighted by Gasteiger charge is 2.14. The third-order valence-corrected chi connectivity index (χ3v) is 2.16. The molecule has 1 atom stereocenters. The standard InChI is InChI=1S/C8H19N3/c1-3-10-11-7-6-9-5-4-8(11)2/h8-10H,3-7H2,1-2H3. The molecule has 0 saturated carbocycles. The lowest BCUT2D eigenvalue weighted by Crippen LogP contribution is -2.44. The summed E-state index contributed by atoms with van der Waals surface area (Å²) in [7, 11) is 0. The average Bonchev–Trinajstić information content (AvgIpc) is 2.18. The first-order chi connectivity index (χ1) is 5.34. The van der Waals surface area contributed by atoms with Crippen LogP contribution in [0.25, 0.3) is 0 Å². The van der Waals surface area contributed by atoms with Crippen molar-refractivity contribution in [1.82, 2.24) is 15.8 Å². The van der Waals surface area contributed by atoms with Crippen molar-refractivity contribution in [3.05, 3.63) is 0 Å². The second kappa shape index (κ2) is 4.70. The maximum absolute atomic E-state index is 3.38. The van der Waals surface area contributed by atoms with Gasteiger partial charge in [0, 0.05) is 25.7 Å². The van der Waals surface area contributed by atoms with Gasteiger partial charge in [-0.2, -0.15) is 0 Å². The zero-order chi connectivity index (χ0) is 8.10. The van der Waals surface area contributed by atoms with Gasteiger partial charge in [-0.25, -0.2) is 5.01 Å². The SMILES string of the molecule is CCNN1CCNCCC1C. The fourth-order valence-electron chi connectivity index (χ4n) is 1.45. The van der Waals surface area contributed by atoms with Crippen LogP contribution in [-0.2, 0) is 0 Å². The van der Waals surface area contributed by atoms with Crippen molar-refractivity contribution < 1.29 is 0 Å². The zero-order valence-corrected chi connectivity index (χ0v) is 7.56. The van der Waals surface area contributed by atoms with Crippen LogP contribution in [0.3, 0.4) is 0 Å². The van der Waals surface area contributed by atoms with Crippen LogP contribution < -0.4 is 10.7 Å². The summed E-state index contributed by atoms with van der Waals surface area (Å²) < 4.78 is 0. The Bertz CT molecular complexity index is 106. The third kappa shape index (κ3) is 2.77. The second-order valence-electron chi connectivity index (χ2n) is 3.09. The predicted octanol–water partition coefficient (Wildman–Crippen LogP) is 0.195. The summed E-state index contributed by atoms with van der Waals surface area (Å²) in [6.45, 7) is 8.83. The van der Waals surface area contributed by atoms with E-state index < -0.39 is 0 Å². The molecule has 0 aromatic rings. The van der Waals surface area contributed by atoms with Gasteiger partial charge in [0.15, 0.2) is 0 Å². The highest BCUT2D eigenvalue weighted by atomic mass is 15.5. The second-order valence-corrected chi connectivity index (χ2v) is 3.09. The highest BCUT2D eigenvalue weighted by Crippen LogP contribution is 2.01. The van der Waals surface area contributed by atoms with Crippen LogP contribution in [0.2, 0.25) is 0 Å². The molecule has 0 radical (unpaired) electrons. The molecule has 1 aliphatic heterocycles. The van der Waals surface area contributed by atoms with Gasteiger partial charge in [0.1, 0.15) is 0 Å². The summed E-state index contributed by atoms with van der Waals surface area (Å²) in [5.74, 6) is 0. The molecule has 11 heavy (non-hydrogen) atoms. The Labute approximate surface area is 69.1 Å². The van der Waals surface area contributed by atoms with E-state index in [1.165, 1.54) is 6.42 Å². The molecule has 0 aliphatic carbocycles. The topological polar surface area (TPSA) is 27.3 Å². The van der Waals surface area contributed by atoms with Crippen molar-refractivity contribution in [3.8, 4) is 0 Å². The van der Waals surface area contributed by atoms with Crippen molar-refractivity contribution in [1.29, 1.82) is 0 Å². The van der Waals surface area contributed by atoms with Crippen molar-refractivity contribution in [2.45, 2.75) is 26.3 Å². The first-order valence-electron chi connectivity index (χ1n) is 4.55. The normalized spacial score (nSPS) is 28.4. The van der Waals surface area contributed by atoms with Gasteiger partial charge in [-0.15, -0.1) is 0 Å². The predicted molar refractivity (Wildman–Crippen MR) is 47.3 cm³/mol. The molecule has 0 spiro atoms. The van der Waals surface area contributed by atoms with E-state index in [1.807, 2.05) is 0 Å². The van der Waals surface area contributed by atoms with Crippen LogP contribution in [0.15, 0.2) is 0 Å². The fraction of sp³-hybridized carbons (Fsp3) is 1.00. The van der Waals surface area contributed by atoms with E-state index in [4.69, 9.17) is 0 Å². The summed E-state index contributed by atoms with van der Waals surface area (Å²) in [5.41, 5.74) is 3.37. The van der Waals surface area contributed by atoms with Crippen LogP contribution in [0.1, 0.15) is 20.3 Å². The summed E-state index contributed by atoms with van der Waals surface area (Å²) in [4.78, 5) is 0. The molecule has 0 bridgehead atoms. The minimum atomic E-state index is 0.671. The van der Waals surface area contributed by atoms with Crippen molar-refractivity contribution in [2.24, 2.45) is 0 Å². The van der Waals surface area contributed by atoms with Crippen LogP contribution in [0.5, 0.6) is 0 Å². The minimum Gasteiger partial charge on any atom is -0.315 e. The summed E-state index contributed by atoms with van der Waals surface area (Å²) in [6.07, 6.45) is 1.24. The summed E-state index contributed by atoms with van der Waals surface area (Å²) >= 11 is 0. The molecular weight excluding hydrogens is 138 g/mol. The smallest absolute Gasteiger partial charge is 0.0259 e. The molecule has 2 N–H and O–H groups in total. The van der Waals surface area contributed by atoms with Crippen LogP contribution in [0.4, 0.5) is 0 Å². The van der Waals surface area contributed by atoms with E-state index in [1.54, 1.807) is 0 Å². The third-order valence-electron chi connectivity index (χ3n) is 2.16. The molecule has 1 unspecified atom stereocenters. The monoisotopic (exact) mass is 157 g/mol. The van der Waals surface area contributed by atoms with Crippen molar-refractivity contribution in [3.63, 3.8) is 0 Å². The Balaban J connectivity index is 2.32. The number of hydrogen-bond donors (Lipinski definition) is 2. The zero-order valence-electron chi connectivity index (χ0n) is 7.56. The van der Waals surface area contributed by atoms with Crippen molar-refractivity contribution in [2.75, 3.05) is 26.2 Å². The molecule has 1 rings (SSSR count). The molecule has 66 valence electrons. The Kier molecular flexibility index (Phi) is 3.83. The Morgan fingerprint density at radius 1 is 1.55 bits per heavy atom. The van der Waals surface area contributed by atoms with Gasteiger partial charge in [0.2, 0.25) is 0 Å². The molecule has 1 saturated heterocycles. The molecule has 3 heteroatoms. The van der Waals surface area contributed by atoms with Gasteiger partial charge in [0.05, 0.1) is 0 Å². The minimum absolute atomic E-state index is 0.671. The van der Waals surface area contributed by atoms with Gasteiger partial charge in [0.25, 0.3) is 0 Å². The van der Waals surface area contributed by atoms with Crippen LogP contribution in [0, 0.1) is 0 Å². The molecule has 0 aromatic carbocycles. The van der Waals surface area contributed by atoms with Crippen LogP contribution in [-0.4, -0.2) is 37.2 Å². The van der Waals surface area contributed by atoms with E-state index in [0.717, 1.165) is 26.2 Å². The van der Waals surface area contributed by atoms with E-state index in [0.29, 0.717) is 6.04 Å². The number of rotatable bonds is 2. The maximum Gasteiger partial charge on any atom is 0.0259 e. The molecule has 0 amide bonds. The van der Waals surface area contributed by atoms with Gasteiger partial charge >= 0.3 is 0 Å². The lowest BCUT2D eigenvalue weighted by atomic mass is 10.2. The molecule has 1 heterocycles. The lowest BCUT2D eigenvalue weighted by molar-refractivity contribution is 0.146. The van der Waals surface area contributed by atoms with Crippen LogP contribution >= 0.6 is 0 Å². The van der Waals surface area contributed by atoms with Gasteiger partial charge in [-0.1, -0.05) is 6.92 Å². The largest absolute Gasteiger partial charge is 0.315 e. The van der Waals surface area contributed by atoms with Crippen molar-refractivity contribution >= 4 is 0 Å². The number of hydrogen-bond acceptors (Lipinski definition) is 3. The number of hydrazine groups is 1. The maximum atomic E-state index is 3.38. The Hall–Kier alpha value is -0.120. The Morgan fingerprint density at radius 2 is 2.36 bits per heavy atom. The molecule has 0 aromatic heterocycles. The first kappa shape index (κ1) is 8.97. The molecule has 3 nitrogen and oxygen atoms in total. The van der Waals surface area contributed by atoms with Gasteiger partial charge < -0.3 is 5.32 Å². The first-order valence-corrected chi connectivity index (χ1v) is 4.55. The summed E-state index contributed by atoms with van der Waals surface area (Å²) in [6, 6.07) is 0.671. The molecular formula is C8H19N3. The van der Waals surface area contributed by atoms with E-state index in [9.17, 15) is 0 Å². The number of nitrogens with one attached hydrogen (secondary N) is 2. The van der Waals surface area contributed by atoms with Gasteiger partial charge in [-0.3, -0.25) is 5.43 Å². The quantitative estimate of drug-likeness (QED) is 0.599.